The Morgan fingerprint density at radius 2 is 1.97 bits per heavy atom. The fourth-order valence-electron chi connectivity index (χ4n) is 7.88. The summed E-state index contributed by atoms with van der Waals surface area (Å²) in [5, 5.41) is 10.6. The molecule has 4 aliphatic rings. The van der Waals surface area contributed by atoms with Gasteiger partial charge in [-0.1, -0.05) is 19.9 Å². The second-order valence-corrected chi connectivity index (χ2v) is 11.5. The first-order valence-electron chi connectivity index (χ1n) is 12.0. The number of carbonyl (C=O) groups is 3. The molecule has 4 aliphatic carbocycles. The van der Waals surface area contributed by atoms with Gasteiger partial charge in [-0.2, -0.15) is 0 Å². The number of ether oxygens (including phenoxy) is 1. The summed E-state index contributed by atoms with van der Waals surface area (Å²) in [6, 6.07) is 2.85. The van der Waals surface area contributed by atoms with E-state index in [1.807, 2.05) is 0 Å². The number of carbonyl (C=O) groups excluding carboxylic acids is 3. The van der Waals surface area contributed by atoms with Gasteiger partial charge in [0.05, 0.1) is 24.4 Å². The van der Waals surface area contributed by atoms with E-state index < -0.39 is 69.0 Å². The van der Waals surface area contributed by atoms with Crippen molar-refractivity contribution in [3.63, 3.8) is 0 Å². The highest BCUT2D eigenvalue weighted by Crippen LogP contribution is 2.72. The zero-order chi connectivity index (χ0) is 26.3. The molecule has 1 aromatic rings. The lowest BCUT2D eigenvalue weighted by Gasteiger charge is -2.63. The van der Waals surface area contributed by atoms with Gasteiger partial charge in [0, 0.05) is 22.7 Å². The maximum Gasteiger partial charge on any atom is 0.375 e. The number of hydrogen-bond acceptors (Lipinski definition) is 8. The molecule has 36 heavy (non-hydrogen) atoms. The Hall–Kier alpha value is -2.30. The van der Waals surface area contributed by atoms with Crippen LogP contribution in [0, 0.1) is 28.6 Å². The van der Waals surface area contributed by atoms with E-state index in [4.69, 9.17) is 9.15 Å². The second kappa shape index (κ2) is 8.10. The Bertz CT molecular complexity index is 1180. The predicted molar refractivity (Wildman–Crippen MR) is 125 cm³/mol. The van der Waals surface area contributed by atoms with Crippen molar-refractivity contribution in [2.24, 2.45) is 28.6 Å². The maximum atomic E-state index is 17.3. The van der Waals surface area contributed by atoms with Crippen molar-refractivity contribution in [3.05, 3.63) is 48.0 Å². The molecule has 0 aromatic carbocycles. The van der Waals surface area contributed by atoms with Crippen LogP contribution in [0.5, 0.6) is 0 Å². The van der Waals surface area contributed by atoms with Gasteiger partial charge in [0.1, 0.15) is 6.17 Å². The molecule has 10 heteroatoms. The van der Waals surface area contributed by atoms with Crippen molar-refractivity contribution in [3.8, 4) is 0 Å². The van der Waals surface area contributed by atoms with Crippen LogP contribution in [0.2, 0.25) is 0 Å². The molecule has 194 valence electrons. The molecular formula is C26H28F2O7S. The summed E-state index contributed by atoms with van der Waals surface area (Å²) < 4.78 is 53.7. The predicted octanol–water partition coefficient (Wildman–Crippen LogP) is 4.47. The van der Waals surface area contributed by atoms with Crippen molar-refractivity contribution in [1.82, 2.24) is 0 Å². The summed E-state index contributed by atoms with van der Waals surface area (Å²) >= 11 is -0.0879. The van der Waals surface area contributed by atoms with Crippen LogP contribution < -0.4 is 0 Å². The van der Waals surface area contributed by atoms with Crippen LogP contribution in [0.15, 0.2) is 46.6 Å². The van der Waals surface area contributed by atoms with Crippen LogP contribution in [-0.4, -0.2) is 50.1 Å². The standard InChI is InChI=1S/C26H28F2O7S/c1-13-9-15-16-11-18(27)17-10-14(29)6-7-23(17,2)25(16,28)20(30)12-24(15,3)26(13,22(32)36-33)35-21(31)19-5-4-8-34-19/h4-8,10,13,15-16,18,20,30,33H,9,11-12H2,1-3H3/t13-,15+,16+,18+,20+,23+,24+,25+,26+/m1/s1. The molecule has 0 unspecified atom stereocenters. The number of allylic oxidation sites excluding steroid dienone is 4. The molecule has 5 rings (SSSR count). The molecule has 2 N–H and O–H groups in total. The fraction of sp³-hybridized carbons (Fsp3) is 0.577. The highest BCUT2D eigenvalue weighted by Gasteiger charge is 2.78. The van der Waals surface area contributed by atoms with Gasteiger partial charge in [-0.25, -0.2) is 13.6 Å². The van der Waals surface area contributed by atoms with E-state index in [1.54, 1.807) is 13.8 Å². The third-order valence-corrected chi connectivity index (χ3v) is 10.00. The molecule has 0 aliphatic heterocycles. The Morgan fingerprint density at radius 1 is 1.25 bits per heavy atom. The van der Waals surface area contributed by atoms with E-state index in [2.05, 4.69) is 0 Å². The quantitative estimate of drug-likeness (QED) is 0.442. The number of rotatable bonds is 3. The van der Waals surface area contributed by atoms with Gasteiger partial charge in [-0.15, -0.1) is 0 Å². The Labute approximate surface area is 211 Å². The SMILES string of the molecule is C[C@@H]1C[C@H]2[C@@H]3C[C@H](F)C4=CC(=O)C=C[C@]4(C)[C@@]3(F)[C@@H](O)C[C@]2(C)[C@@]1(OC(=O)c1ccco1)C(=O)SO. The molecule has 0 amide bonds. The minimum absolute atomic E-state index is 0.0000472. The number of alkyl halides is 2. The average Bonchev–Trinajstić information content (AvgIpc) is 3.44. The lowest BCUT2D eigenvalue weighted by Crippen LogP contribution is -2.70. The normalized spacial score (nSPS) is 45.4. The first kappa shape index (κ1) is 25.4. The number of hydrogen-bond donors (Lipinski definition) is 2. The Kier molecular flexibility index (Phi) is 5.70. The van der Waals surface area contributed by atoms with Gasteiger partial charge in [0.25, 0.3) is 5.12 Å². The molecule has 1 heterocycles. The lowest BCUT2D eigenvalue weighted by molar-refractivity contribution is -0.221. The molecule has 0 saturated heterocycles. The van der Waals surface area contributed by atoms with E-state index in [0.29, 0.717) is 0 Å². The first-order valence-corrected chi connectivity index (χ1v) is 12.7. The van der Waals surface area contributed by atoms with Crippen LogP contribution in [0.4, 0.5) is 8.78 Å². The van der Waals surface area contributed by atoms with E-state index >= 15 is 8.78 Å². The molecule has 3 saturated carbocycles. The van der Waals surface area contributed by atoms with E-state index in [-0.39, 0.29) is 42.6 Å². The van der Waals surface area contributed by atoms with Crippen molar-refractivity contribution >= 4 is 28.9 Å². The molecule has 0 radical (unpaired) electrons. The van der Waals surface area contributed by atoms with Crippen LogP contribution in [0.25, 0.3) is 0 Å². The van der Waals surface area contributed by atoms with Crippen molar-refractivity contribution in [1.29, 1.82) is 0 Å². The van der Waals surface area contributed by atoms with E-state index in [1.165, 1.54) is 37.5 Å². The number of fused-ring (bicyclic) bond motifs is 5. The van der Waals surface area contributed by atoms with Crippen LogP contribution in [0.3, 0.4) is 0 Å². The summed E-state index contributed by atoms with van der Waals surface area (Å²) in [6.45, 7) is 4.79. The summed E-state index contributed by atoms with van der Waals surface area (Å²) in [7, 11) is 0. The zero-order valence-electron chi connectivity index (χ0n) is 20.1. The van der Waals surface area contributed by atoms with Gasteiger partial charge < -0.3 is 18.8 Å². The molecular weight excluding hydrogens is 494 g/mol. The number of esters is 1. The fourth-order valence-corrected chi connectivity index (χ4v) is 8.49. The number of aliphatic hydroxyl groups excluding tert-OH is 1. The Balaban J connectivity index is 1.64. The molecule has 7 nitrogen and oxygen atoms in total. The smallest absolute Gasteiger partial charge is 0.375 e. The van der Waals surface area contributed by atoms with Crippen molar-refractivity contribution < 1.29 is 42.0 Å². The average molecular weight is 523 g/mol. The number of aliphatic hydroxyl groups is 1. The number of ketones is 1. The molecule has 3 fully saturated rings. The molecule has 1 aromatic heterocycles. The number of furan rings is 1. The lowest BCUT2D eigenvalue weighted by atomic mass is 9.44. The Morgan fingerprint density at radius 3 is 2.61 bits per heavy atom. The van der Waals surface area contributed by atoms with Crippen LogP contribution >= 0.6 is 12.0 Å². The summed E-state index contributed by atoms with van der Waals surface area (Å²) in [6.07, 6.45) is 1.22. The highest BCUT2D eigenvalue weighted by atomic mass is 32.2. The van der Waals surface area contributed by atoms with Crippen LogP contribution in [-0.2, 0) is 14.3 Å². The van der Waals surface area contributed by atoms with Gasteiger partial charge in [0.15, 0.2) is 17.1 Å². The third-order valence-electron chi connectivity index (χ3n) is 9.53. The molecule has 9 atom stereocenters. The summed E-state index contributed by atoms with van der Waals surface area (Å²) in [5.74, 6) is -3.93. The monoisotopic (exact) mass is 522 g/mol. The van der Waals surface area contributed by atoms with Gasteiger partial charge in [0.2, 0.25) is 5.76 Å². The minimum atomic E-state index is -2.33. The first-order chi connectivity index (χ1) is 16.9. The van der Waals surface area contributed by atoms with Crippen LogP contribution in [0.1, 0.15) is 50.6 Å². The second-order valence-electron chi connectivity index (χ2n) is 11.0. The van der Waals surface area contributed by atoms with Gasteiger partial charge >= 0.3 is 5.97 Å². The van der Waals surface area contributed by atoms with E-state index in [9.17, 15) is 24.0 Å². The largest absolute Gasteiger partial charge is 0.457 e. The number of halogens is 2. The van der Waals surface area contributed by atoms with Gasteiger partial charge in [-0.05, 0) is 62.0 Å². The highest BCUT2D eigenvalue weighted by molar-refractivity contribution is 8.09. The maximum absolute atomic E-state index is 17.3. The van der Waals surface area contributed by atoms with Gasteiger partial charge in [-0.3, -0.25) is 9.59 Å². The summed E-state index contributed by atoms with van der Waals surface area (Å²) in [4.78, 5) is 38.3. The molecule has 0 bridgehead atoms. The summed E-state index contributed by atoms with van der Waals surface area (Å²) in [5.41, 5.74) is -7.16. The zero-order valence-corrected chi connectivity index (χ0v) is 20.9. The molecule has 0 spiro atoms. The third kappa shape index (κ3) is 2.95. The van der Waals surface area contributed by atoms with Crippen molar-refractivity contribution in [2.75, 3.05) is 0 Å². The minimum Gasteiger partial charge on any atom is -0.457 e. The van der Waals surface area contributed by atoms with Crippen molar-refractivity contribution in [2.45, 2.75) is 63.6 Å². The van der Waals surface area contributed by atoms with E-state index in [0.717, 1.165) is 6.08 Å². The topological polar surface area (TPSA) is 114 Å².